The molecule has 8 rings (SSSR count). The molecule has 2 aliphatic carbocycles. The van der Waals surface area contributed by atoms with E-state index in [1.54, 1.807) is 27.7 Å². The standard InChI is InChI=1S/C74H102F3N13O17/c1-13-43(4)60-70(103)83(8)42-58(93)85(10)52-27-20-21-36-88(69(52)102)55(37-44-28-30-46(31-29-44)74(75,76)77)68(101)82(7)41-56(91)78-50(32-33-59(94)107-90-64(97)48-25-18-19-26-49(48)65(90)98)66(99)89-40-47(106-15-3)38-53(89)63(96)80-73(34-22-35-73)72(105)87(12)61(45-23-16-17-24-45)71(104)86(11)54(67(100)81(5)6)39-57(92)84(9)51(14-2)62(95)79-60/h18-19,25-26,28-31,43,45,47,50-55,60-61H,13-17,20-24,27,32-42H2,1-12H3,(H,78,91)(H,79,95)(H,80,96)/t43-,47+,50-,51-,52-,53-,54-,55-,60?,61-/m0/s1. The lowest BCUT2D eigenvalue weighted by Gasteiger charge is -2.46. The van der Waals surface area contributed by atoms with Gasteiger partial charge in [0.1, 0.15) is 53.9 Å². The minimum Gasteiger partial charge on any atom is -0.377 e. The monoisotopic (exact) mass is 1500 g/mol. The fraction of sp³-hybridized carbons (Fsp3) is 0.635. The van der Waals surface area contributed by atoms with Crippen molar-refractivity contribution in [1.82, 2.24) is 65.1 Å². The van der Waals surface area contributed by atoms with Gasteiger partial charge in [-0.25, -0.2) is 4.79 Å². The molecule has 0 radical (unpaired) electrons. The fourth-order valence-corrected chi connectivity index (χ4v) is 15.2. The van der Waals surface area contributed by atoms with Crippen molar-refractivity contribution in [3.8, 4) is 0 Å². The van der Waals surface area contributed by atoms with Crippen molar-refractivity contribution >= 4 is 88.7 Å². The molecular formula is C74H102F3N13O17. The van der Waals surface area contributed by atoms with Crippen molar-refractivity contribution < 1.29 is 94.7 Å². The number of benzene rings is 2. The number of ether oxygens (including phenoxy) is 1. The quantitative estimate of drug-likeness (QED) is 0.243. The van der Waals surface area contributed by atoms with Crippen LogP contribution in [0.4, 0.5) is 13.2 Å². The number of hydrogen-bond donors (Lipinski definition) is 3. The molecule has 2 bridgehead atoms. The van der Waals surface area contributed by atoms with Crippen LogP contribution in [0, 0.1) is 11.8 Å². The number of amides is 14. The van der Waals surface area contributed by atoms with E-state index < -0.39 is 211 Å². The van der Waals surface area contributed by atoms with Crippen molar-refractivity contribution in [3.05, 3.63) is 70.8 Å². The molecule has 10 atom stereocenters. The summed E-state index contributed by atoms with van der Waals surface area (Å²) in [6.45, 7) is 4.94. The van der Waals surface area contributed by atoms with Gasteiger partial charge in [-0.3, -0.25) is 67.1 Å². The van der Waals surface area contributed by atoms with Gasteiger partial charge in [0.2, 0.25) is 70.9 Å². The zero-order chi connectivity index (χ0) is 78.8. The lowest BCUT2D eigenvalue weighted by atomic mass is 9.74. The molecule has 5 fully saturated rings. The molecule has 14 amide bonds. The molecule has 6 aliphatic rings. The van der Waals surface area contributed by atoms with Gasteiger partial charge < -0.3 is 69.6 Å². The van der Waals surface area contributed by atoms with Crippen molar-refractivity contribution in [2.75, 3.05) is 89.2 Å². The number of imide groups is 1. The molecule has 3 saturated heterocycles. The lowest BCUT2D eigenvalue weighted by Crippen LogP contribution is -2.68. The van der Waals surface area contributed by atoms with Crippen LogP contribution in [-0.4, -0.2) is 287 Å². The summed E-state index contributed by atoms with van der Waals surface area (Å²) in [6, 6.07) is -1.84. The van der Waals surface area contributed by atoms with E-state index in [0.717, 1.165) is 53.7 Å². The Labute approximate surface area is 620 Å². The zero-order valence-electron chi connectivity index (χ0n) is 63.1. The highest BCUT2D eigenvalue weighted by atomic mass is 19.4. The number of nitrogens with one attached hydrogen (secondary N) is 3. The first-order chi connectivity index (χ1) is 50.5. The molecular weight excluding hydrogens is 1400 g/mol. The van der Waals surface area contributed by atoms with Crippen LogP contribution in [0.25, 0.3) is 0 Å². The first-order valence-electron chi connectivity index (χ1n) is 36.8. The maximum Gasteiger partial charge on any atom is 0.416 e. The van der Waals surface area contributed by atoms with E-state index in [4.69, 9.17) is 9.57 Å². The summed E-state index contributed by atoms with van der Waals surface area (Å²) in [4.78, 5) is 236. The van der Waals surface area contributed by atoms with Gasteiger partial charge in [0, 0.05) is 88.9 Å². The Morgan fingerprint density at radius 3 is 1.84 bits per heavy atom. The Balaban J connectivity index is 1.19. The van der Waals surface area contributed by atoms with Crippen LogP contribution in [0.15, 0.2) is 48.5 Å². The van der Waals surface area contributed by atoms with Crippen molar-refractivity contribution in [3.63, 3.8) is 0 Å². The summed E-state index contributed by atoms with van der Waals surface area (Å²) in [5, 5.41) is 8.58. The highest BCUT2D eigenvalue weighted by Gasteiger charge is 2.54. The van der Waals surface area contributed by atoms with E-state index in [0.29, 0.717) is 44.9 Å². The third-order valence-corrected chi connectivity index (χ3v) is 22.0. The van der Waals surface area contributed by atoms with Crippen molar-refractivity contribution in [2.45, 2.75) is 203 Å². The first-order valence-corrected chi connectivity index (χ1v) is 36.8. The van der Waals surface area contributed by atoms with Crippen LogP contribution in [-0.2, 0) is 84.5 Å². The topological polar surface area (TPSA) is 343 Å². The Kier molecular flexibility index (Phi) is 27.5. The molecule has 33 heteroatoms. The summed E-state index contributed by atoms with van der Waals surface area (Å²) >= 11 is 0. The van der Waals surface area contributed by atoms with Gasteiger partial charge in [-0.1, -0.05) is 69.4 Å². The number of fused-ring (bicyclic) bond motifs is 4. The van der Waals surface area contributed by atoms with Gasteiger partial charge >= 0.3 is 12.1 Å². The Hall–Kier alpha value is -9.56. The Morgan fingerprint density at radius 2 is 1.27 bits per heavy atom. The first kappa shape index (κ1) is 83.1. The number of likely N-dealkylation sites (N-methyl/N-ethyl adjacent to an activating group) is 7. The van der Waals surface area contributed by atoms with Crippen LogP contribution < -0.4 is 16.0 Å². The average Bonchev–Trinajstić information content (AvgIpc) is 1.30. The fourth-order valence-electron chi connectivity index (χ4n) is 15.2. The van der Waals surface area contributed by atoms with Gasteiger partial charge in [-0.05, 0) is 113 Å². The van der Waals surface area contributed by atoms with Crippen molar-refractivity contribution in [1.29, 1.82) is 0 Å². The number of nitrogens with zero attached hydrogens (tertiary/aromatic N) is 10. The maximum absolute atomic E-state index is 15.5. The third-order valence-electron chi connectivity index (χ3n) is 22.0. The van der Waals surface area contributed by atoms with Crippen LogP contribution in [0.1, 0.15) is 162 Å². The Morgan fingerprint density at radius 1 is 0.654 bits per heavy atom. The predicted molar refractivity (Wildman–Crippen MR) is 377 cm³/mol. The smallest absolute Gasteiger partial charge is 0.377 e. The lowest BCUT2D eigenvalue weighted by molar-refractivity contribution is -0.169. The van der Waals surface area contributed by atoms with Gasteiger partial charge in [0.05, 0.1) is 48.7 Å². The molecule has 1 spiro atoms. The summed E-state index contributed by atoms with van der Waals surface area (Å²) in [5.74, 6) is -13.7. The second-order valence-corrected chi connectivity index (χ2v) is 29.3. The van der Waals surface area contributed by atoms with E-state index in [9.17, 15) is 56.3 Å². The van der Waals surface area contributed by atoms with Gasteiger partial charge in [-0.15, -0.1) is 0 Å². The molecule has 4 heterocycles. The number of rotatable bonds is 13. The van der Waals surface area contributed by atoms with Crippen molar-refractivity contribution in [2.24, 2.45) is 11.8 Å². The molecule has 30 nitrogen and oxygen atoms in total. The SMILES string of the molecule is CCO[C@@H]1C[C@H]2C(=O)NC3(CCC3)C(=O)N(C)[C@@H](C3CCCC3)C(=O)N(C)[C@H](C(=O)N(C)C)CC(=O)N(C)[C@@H](CC)C(=O)NC([C@@H](C)CC)C(=O)N(C)CC(=O)N(C)[C@H]3CCCCN(C3=O)[C@@H](Cc3ccc(C(F)(F)F)cc3)C(=O)N(C)CC(=O)N[C@@H](CCC(=O)ON3C(=O)c4ccccc4C3=O)C(=O)N2C1. The minimum atomic E-state index is -4.75. The van der Waals surface area contributed by atoms with E-state index in [2.05, 4.69) is 16.0 Å². The maximum atomic E-state index is 15.5. The number of carbonyl (C=O) groups is 15. The number of alkyl halides is 3. The number of hydrogen-bond acceptors (Lipinski definition) is 17. The van der Waals surface area contributed by atoms with Crippen LogP contribution in [0.5, 0.6) is 0 Å². The van der Waals surface area contributed by atoms with Crippen LogP contribution in [0.2, 0.25) is 0 Å². The summed E-state index contributed by atoms with van der Waals surface area (Å²) < 4.78 is 47.9. The predicted octanol–water partition coefficient (Wildman–Crippen LogP) is 2.54. The van der Waals surface area contributed by atoms with Gasteiger partial charge in [-0.2, -0.15) is 13.2 Å². The average molecular weight is 1500 g/mol. The van der Waals surface area contributed by atoms with E-state index in [1.165, 1.54) is 95.3 Å². The molecule has 1 unspecified atom stereocenters. The highest BCUT2D eigenvalue weighted by Crippen LogP contribution is 2.39. The van der Waals surface area contributed by atoms with Crippen LogP contribution in [0.3, 0.4) is 0 Å². The molecule has 586 valence electrons. The summed E-state index contributed by atoms with van der Waals surface area (Å²) in [5.41, 5.74) is -2.64. The Bertz CT molecular complexity index is 3680. The summed E-state index contributed by atoms with van der Waals surface area (Å²) in [6.07, 6.45) is -4.34. The molecule has 2 saturated carbocycles. The number of carbonyl (C=O) groups excluding carboxylic acids is 15. The molecule has 2 aromatic carbocycles. The highest BCUT2D eigenvalue weighted by molar-refractivity contribution is 6.21. The molecule has 3 N–H and O–H groups in total. The number of hydroxylamine groups is 2. The molecule has 0 aromatic heterocycles. The second kappa shape index (κ2) is 35.4. The third kappa shape index (κ3) is 18.7. The van der Waals surface area contributed by atoms with Gasteiger partial charge in [0.25, 0.3) is 11.8 Å². The second-order valence-electron chi connectivity index (χ2n) is 29.3. The molecule has 107 heavy (non-hydrogen) atoms. The summed E-state index contributed by atoms with van der Waals surface area (Å²) in [7, 11) is 10.9. The van der Waals surface area contributed by atoms with E-state index >= 15 is 28.8 Å². The van der Waals surface area contributed by atoms with Crippen LogP contribution >= 0.6 is 0 Å². The van der Waals surface area contributed by atoms with Gasteiger partial charge in [0.15, 0.2) is 0 Å². The molecule has 2 aromatic rings. The molecule has 4 aliphatic heterocycles. The largest absolute Gasteiger partial charge is 0.416 e. The minimum absolute atomic E-state index is 0.00544. The number of halogens is 3. The normalized spacial score (nSPS) is 26.2. The zero-order valence-corrected chi connectivity index (χ0v) is 63.1. The van der Waals surface area contributed by atoms with E-state index in [1.807, 2.05) is 0 Å². The van der Waals surface area contributed by atoms with E-state index in [-0.39, 0.29) is 80.0 Å².